The minimum Gasteiger partial charge on any atom is -0.457 e. The topological polar surface area (TPSA) is 48.7 Å². The first-order valence-corrected chi connectivity index (χ1v) is 18.1. The van der Waals surface area contributed by atoms with E-state index >= 15 is 0 Å². The van der Waals surface area contributed by atoms with E-state index in [1.165, 1.54) is 103 Å². The molecule has 4 aromatic carbocycles. The second kappa shape index (κ2) is 13.0. The highest BCUT2D eigenvalue weighted by Crippen LogP contribution is 2.46. The number of aromatic nitrogens is 3. The van der Waals surface area contributed by atoms with E-state index in [0.29, 0.717) is 29.2 Å². The molecule has 7 aromatic rings. The number of hydrogen-bond donors (Lipinski definition) is 0. The Morgan fingerprint density at radius 2 is 1.20 bits per heavy atom. The normalized spacial score (nSPS) is 16.0. The molecule has 3 heterocycles. The molecule has 3 aromatic heterocycles. The van der Waals surface area contributed by atoms with E-state index in [0.717, 1.165) is 16.8 Å². The summed E-state index contributed by atoms with van der Waals surface area (Å²) >= 11 is 0. The zero-order valence-corrected chi connectivity index (χ0v) is 27.9. The number of pyridine rings is 2. The first-order chi connectivity index (χ1) is 24.3. The Balaban J connectivity index is 1.19. The lowest BCUT2D eigenvalue weighted by molar-refractivity contribution is 0.436. The highest BCUT2D eigenvalue weighted by atomic mass is 16.5. The van der Waals surface area contributed by atoms with E-state index in [1.54, 1.807) is 6.20 Å². The highest BCUT2D eigenvalue weighted by molar-refractivity contribution is 6.12. The van der Waals surface area contributed by atoms with Gasteiger partial charge in [0.15, 0.2) is 0 Å². The van der Waals surface area contributed by atoms with Crippen LogP contribution in [0.5, 0.6) is 23.1 Å². The molecule has 0 spiro atoms. The molecule has 0 atom stereocenters. The van der Waals surface area contributed by atoms with Crippen LogP contribution in [0.2, 0.25) is 0 Å². The summed E-state index contributed by atoms with van der Waals surface area (Å²) in [6, 6.07) is 35.7. The van der Waals surface area contributed by atoms with Gasteiger partial charge in [-0.2, -0.15) is 0 Å². The van der Waals surface area contributed by atoms with Gasteiger partial charge < -0.3 is 9.47 Å². The summed E-state index contributed by atoms with van der Waals surface area (Å²) < 4.78 is 14.9. The lowest BCUT2D eigenvalue weighted by Crippen LogP contribution is -2.12. The molecule has 0 aliphatic heterocycles. The van der Waals surface area contributed by atoms with Crippen LogP contribution in [0.25, 0.3) is 38.6 Å². The molecule has 2 fully saturated rings. The Morgan fingerprint density at radius 1 is 0.531 bits per heavy atom. The van der Waals surface area contributed by atoms with E-state index in [-0.39, 0.29) is 0 Å². The van der Waals surface area contributed by atoms with Gasteiger partial charge in [-0.15, -0.1) is 0 Å². The third-order valence-electron chi connectivity index (χ3n) is 10.8. The molecule has 2 aliphatic carbocycles. The standard InChI is InChI=1S/C44H41N3O2/c1-3-13-30(14-4-1)35-20-12-21-36(31-15-5-2-6-16-31)43(35)41-29-46-44-39-28-34(24-25-37(39)38-19-7-8-22-40(38)47(41)44)48-32-17-11-18-33(27-32)49-42-23-9-10-26-45-42/h7-12,17-31H,1-6,13-16H2. The van der Waals surface area contributed by atoms with Crippen molar-refractivity contribution < 1.29 is 9.47 Å². The molecule has 49 heavy (non-hydrogen) atoms. The molecule has 5 heteroatoms. The Hall–Kier alpha value is -5.16. The summed E-state index contributed by atoms with van der Waals surface area (Å²) in [5.74, 6) is 3.88. The van der Waals surface area contributed by atoms with Crippen LogP contribution >= 0.6 is 0 Å². The Kier molecular flexibility index (Phi) is 7.97. The van der Waals surface area contributed by atoms with Gasteiger partial charge in [0.05, 0.1) is 17.4 Å². The number of ether oxygens (including phenoxy) is 2. The fraction of sp³-hybridized carbons (Fsp3) is 0.273. The van der Waals surface area contributed by atoms with Crippen molar-refractivity contribution in [2.45, 2.75) is 76.0 Å². The lowest BCUT2D eigenvalue weighted by atomic mass is 9.76. The predicted molar refractivity (Wildman–Crippen MR) is 198 cm³/mol. The molecule has 0 radical (unpaired) electrons. The maximum absolute atomic E-state index is 6.48. The maximum atomic E-state index is 6.48. The van der Waals surface area contributed by atoms with Crippen LogP contribution < -0.4 is 9.47 Å². The Labute approximate surface area is 287 Å². The molecule has 5 nitrogen and oxygen atoms in total. The van der Waals surface area contributed by atoms with Crippen LogP contribution in [-0.4, -0.2) is 14.4 Å². The minimum absolute atomic E-state index is 0.548. The van der Waals surface area contributed by atoms with Gasteiger partial charge in [-0.1, -0.05) is 87.1 Å². The Morgan fingerprint density at radius 3 is 1.94 bits per heavy atom. The van der Waals surface area contributed by atoms with Crippen molar-refractivity contribution in [1.29, 1.82) is 0 Å². The number of fused-ring (bicyclic) bond motifs is 6. The van der Waals surface area contributed by atoms with Crippen molar-refractivity contribution in [2.24, 2.45) is 0 Å². The van der Waals surface area contributed by atoms with Crippen LogP contribution in [0, 0.1) is 0 Å². The quantitative estimate of drug-likeness (QED) is 0.162. The van der Waals surface area contributed by atoms with Crippen LogP contribution in [-0.2, 0) is 0 Å². The lowest BCUT2D eigenvalue weighted by Gasteiger charge is -2.29. The fourth-order valence-electron chi connectivity index (χ4n) is 8.52. The van der Waals surface area contributed by atoms with Crippen LogP contribution in [0.15, 0.2) is 116 Å². The summed E-state index contributed by atoms with van der Waals surface area (Å²) in [6.45, 7) is 0. The monoisotopic (exact) mass is 643 g/mol. The van der Waals surface area contributed by atoms with Crippen molar-refractivity contribution in [3.63, 3.8) is 0 Å². The second-order valence-corrected chi connectivity index (χ2v) is 13.9. The smallest absolute Gasteiger partial charge is 0.219 e. The van der Waals surface area contributed by atoms with E-state index in [2.05, 4.69) is 76.2 Å². The number of benzene rings is 4. The van der Waals surface area contributed by atoms with Crippen molar-refractivity contribution in [2.75, 3.05) is 0 Å². The third-order valence-corrected chi connectivity index (χ3v) is 10.8. The highest BCUT2D eigenvalue weighted by Gasteiger charge is 2.27. The minimum atomic E-state index is 0.548. The van der Waals surface area contributed by atoms with Gasteiger partial charge in [-0.25, -0.2) is 9.97 Å². The number of para-hydroxylation sites is 1. The van der Waals surface area contributed by atoms with Gasteiger partial charge in [-0.05, 0) is 96.5 Å². The molecule has 244 valence electrons. The van der Waals surface area contributed by atoms with Crippen LogP contribution in [0.3, 0.4) is 0 Å². The SMILES string of the molecule is c1ccc(Oc2cccc(Oc3ccc4c5ccccc5n5c(-c6c(C7CCCCC7)cccc6C6CCCCC6)cnc5c4c3)c2)nc1. The van der Waals surface area contributed by atoms with Crippen LogP contribution in [0.1, 0.15) is 87.2 Å². The molecule has 2 aliphatic rings. The third kappa shape index (κ3) is 5.71. The zero-order valence-electron chi connectivity index (χ0n) is 27.9. The second-order valence-electron chi connectivity index (χ2n) is 13.9. The van der Waals surface area contributed by atoms with Crippen molar-refractivity contribution in [3.05, 3.63) is 127 Å². The Bertz CT molecular complexity index is 2230. The van der Waals surface area contributed by atoms with Gasteiger partial charge in [0.1, 0.15) is 22.9 Å². The van der Waals surface area contributed by atoms with Crippen molar-refractivity contribution in [1.82, 2.24) is 14.4 Å². The average Bonchev–Trinajstić information content (AvgIpc) is 3.61. The van der Waals surface area contributed by atoms with E-state index < -0.39 is 0 Å². The van der Waals surface area contributed by atoms with E-state index in [1.807, 2.05) is 42.5 Å². The molecule has 9 rings (SSSR count). The summed E-state index contributed by atoms with van der Waals surface area (Å²) in [5.41, 5.74) is 7.88. The molecule has 0 amide bonds. The molecule has 0 N–H and O–H groups in total. The molecule has 0 bridgehead atoms. The number of rotatable bonds is 7. The van der Waals surface area contributed by atoms with Gasteiger partial charge in [-0.3, -0.25) is 4.40 Å². The fourth-order valence-corrected chi connectivity index (χ4v) is 8.52. The first-order valence-electron chi connectivity index (χ1n) is 18.1. The van der Waals surface area contributed by atoms with E-state index in [4.69, 9.17) is 14.5 Å². The molecular formula is C44H41N3O2. The van der Waals surface area contributed by atoms with Gasteiger partial charge in [0.25, 0.3) is 0 Å². The van der Waals surface area contributed by atoms with Crippen molar-refractivity contribution >= 4 is 27.3 Å². The average molecular weight is 644 g/mol. The zero-order chi connectivity index (χ0) is 32.6. The largest absolute Gasteiger partial charge is 0.457 e. The molecule has 0 saturated heterocycles. The van der Waals surface area contributed by atoms with Crippen molar-refractivity contribution in [3.8, 4) is 34.4 Å². The maximum Gasteiger partial charge on any atom is 0.219 e. The molecule has 2 saturated carbocycles. The van der Waals surface area contributed by atoms with Crippen LogP contribution in [0.4, 0.5) is 0 Å². The number of imidazole rings is 1. The molecule has 0 unspecified atom stereocenters. The predicted octanol–water partition coefficient (Wildman–Crippen LogP) is 12.4. The number of nitrogens with zero attached hydrogens (tertiary/aromatic N) is 3. The van der Waals surface area contributed by atoms with E-state index in [9.17, 15) is 0 Å². The summed E-state index contributed by atoms with van der Waals surface area (Å²) in [4.78, 5) is 9.53. The first kappa shape index (κ1) is 29.9. The van der Waals surface area contributed by atoms with Gasteiger partial charge >= 0.3 is 0 Å². The summed E-state index contributed by atoms with van der Waals surface area (Å²) in [6.07, 6.45) is 17.0. The molecular weight excluding hydrogens is 603 g/mol. The van der Waals surface area contributed by atoms with Gasteiger partial charge in [0.2, 0.25) is 5.88 Å². The summed E-state index contributed by atoms with van der Waals surface area (Å²) in [5, 5.41) is 3.47. The summed E-state index contributed by atoms with van der Waals surface area (Å²) in [7, 11) is 0. The van der Waals surface area contributed by atoms with Gasteiger partial charge in [0, 0.05) is 34.7 Å². The number of hydrogen-bond acceptors (Lipinski definition) is 4.